The van der Waals surface area contributed by atoms with Gasteiger partial charge in [0.2, 0.25) is 0 Å². The lowest BCUT2D eigenvalue weighted by atomic mass is 10.2. The van der Waals surface area contributed by atoms with Gasteiger partial charge < -0.3 is 9.84 Å². The van der Waals surface area contributed by atoms with Crippen LogP contribution in [0.25, 0.3) is 0 Å². The van der Waals surface area contributed by atoms with Crippen molar-refractivity contribution < 1.29 is 14.6 Å². The van der Waals surface area contributed by atoms with Gasteiger partial charge in [-0.2, -0.15) is 0 Å². The van der Waals surface area contributed by atoms with Gasteiger partial charge in [-0.25, -0.2) is 5.84 Å². The number of thioether (sulfide) groups is 1. The molecule has 21 heavy (non-hydrogen) atoms. The molecule has 2 rings (SSSR count). The van der Waals surface area contributed by atoms with E-state index >= 15 is 0 Å². The van der Waals surface area contributed by atoms with Crippen molar-refractivity contribution in [2.24, 2.45) is 5.84 Å². The number of phenolic OH excluding ortho intramolecular Hbond substituents is 1. The Hall–Kier alpha value is -2.18. The molecule has 110 valence electrons. The number of hydrogen-bond donors (Lipinski definition) is 3. The molecule has 0 aromatic heterocycles. The Morgan fingerprint density at radius 3 is 2.57 bits per heavy atom. The fraction of sp³-hybridized carbons (Fsp3) is 0.133. The van der Waals surface area contributed by atoms with Crippen molar-refractivity contribution in [2.45, 2.75) is 4.90 Å². The average Bonchev–Trinajstić information content (AvgIpc) is 2.53. The number of hydrogen-bond acceptors (Lipinski definition) is 5. The lowest BCUT2D eigenvalue weighted by Gasteiger charge is -2.07. The molecule has 2 aromatic rings. The number of aromatic hydroxyl groups is 1. The normalized spacial score (nSPS) is 10.1. The first kappa shape index (κ1) is 15.2. The number of amides is 1. The number of nitrogens with two attached hydrogens (primary N) is 1. The van der Waals surface area contributed by atoms with Crippen molar-refractivity contribution in [1.82, 2.24) is 5.43 Å². The zero-order valence-electron chi connectivity index (χ0n) is 11.3. The monoisotopic (exact) mass is 304 g/mol. The number of hydrazine groups is 1. The Labute approximate surface area is 127 Å². The second-order valence-electron chi connectivity index (χ2n) is 4.16. The number of para-hydroxylation sites is 1. The molecule has 0 atom stereocenters. The Morgan fingerprint density at radius 1 is 1.19 bits per heavy atom. The molecule has 0 saturated carbocycles. The molecule has 0 unspecified atom stereocenters. The maximum atomic E-state index is 11.3. The molecule has 1 amide bonds. The van der Waals surface area contributed by atoms with Gasteiger partial charge in [0, 0.05) is 16.2 Å². The van der Waals surface area contributed by atoms with Crippen molar-refractivity contribution in [1.29, 1.82) is 0 Å². The molecular weight excluding hydrogens is 288 g/mol. The first-order valence-electron chi connectivity index (χ1n) is 6.35. The van der Waals surface area contributed by atoms with E-state index in [1.807, 2.05) is 12.1 Å². The Morgan fingerprint density at radius 2 is 1.90 bits per heavy atom. The van der Waals surface area contributed by atoms with Gasteiger partial charge in [-0.15, -0.1) is 11.8 Å². The minimum Gasteiger partial charge on any atom is -0.507 e. The molecule has 2 aromatic carbocycles. The summed E-state index contributed by atoms with van der Waals surface area (Å²) in [6.45, 7) is 0.501. The lowest BCUT2D eigenvalue weighted by Crippen LogP contribution is -2.29. The topological polar surface area (TPSA) is 84.6 Å². The van der Waals surface area contributed by atoms with Crippen LogP contribution in [0, 0.1) is 0 Å². The van der Waals surface area contributed by atoms with Crippen LogP contribution in [0.3, 0.4) is 0 Å². The summed E-state index contributed by atoms with van der Waals surface area (Å²) in [5.41, 5.74) is 2.55. The van der Waals surface area contributed by atoms with E-state index in [-0.39, 0.29) is 11.7 Å². The Kier molecular flexibility index (Phi) is 5.48. The molecular formula is C15H16N2O3S. The number of ether oxygens (including phenoxy) is 1. The Bertz CT molecular complexity index is 602. The van der Waals surface area contributed by atoms with Crippen LogP contribution in [0.15, 0.2) is 53.4 Å². The van der Waals surface area contributed by atoms with Crippen molar-refractivity contribution in [3.63, 3.8) is 0 Å². The van der Waals surface area contributed by atoms with Crippen LogP contribution in [-0.4, -0.2) is 23.4 Å². The molecule has 5 nitrogen and oxygen atoms in total. The summed E-state index contributed by atoms with van der Waals surface area (Å²) in [7, 11) is 0. The van der Waals surface area contributed by atoms with Crippen LogP contribution in [0.5, 0.6) is 11.5 Å². The summed E-state index contributed by atoms with van der Waals surface area (Å²) >= 11 is 1.52. The molecule has 0 aliphatic heterocycles. The molecule has 0 bridgehead atoms. The van der Waals surface area contributed by atoms with Crippen LogP contribution in [0.1, 0.15) is 10.4 Å². The molecule has 0 aliphatic rings. The second-order valence-corrected chi connectivity index (χ2v) is 5.30. The molecule has 6 heteroatoms. The van der Waals surface area contributed by atoms with Crippen molar-refractivity contribution >= 4 is 17.7 Å². The van der Waals surface area contributed by atoms with E-state index < -0.39 is 0 Å². The van der Waals surface area contributed by atoms with Gasteiger partial charge in [0.1, 0.15) is 11.5 Å². The highest BCUT2D eigenvalue weighted by Gasteiger charge is 2.03. The number of phenols is 1. The van der Waals surface area contributed by atoms with Gasteiger partial charge in [-0.3, -0.25) is 10.2 Å². The van der Waals surface area contributed by atoms with E-state index in [0.29, 0.717) is 23.7 Å². The lowest BCUT2D eigenvalue weighted by molar-refractivity contribution is 0.0953. The van der Waals surface area contributed by atoms with Gasteiger partial charge in [0.15, 0.2) is 0 Å². The number of nitrogen functional groups attached to an aromatic ring is 1. The van der Waals surface area contributed by atoms with Crippen LogP contribution < -0.4 is 16.0 Å². The zero-order chi connectivity index (χ0) is 15.1. The summed E-state index contributed by atoms with van der Waals surface area (Å²) in [6.07, 6.45) is 0. The number of rotatable bonds is 6. The molecule has 0 spiro atoms. The summed E-state index contributed by atoms with van der Waals surface area (Å²) < 4.78 is 5.57. The first-order chi connectivity index (χ1) is 10.2. The van der Waals surface area contributed by atoms with E-state index in [2.05, 4.69) is 5.43 Å². The van der Waals surface area contributed by atoms with Crippen LogP contribution >= 0.6 is 11.8 Å². The van der Waals surface area contributed by atoms with E-state index in [1.54, 1.807) is 36.4 Å². The summed E-state index contributed by atoms with van der Waals surface area (Å²) in [5.74, 6) is 6.39. The van der Waals surface area contributed by atoms with Gasteiger partial charge >= 0.3 is 0 Å². The highest BCUT2D eigenvalue weighted by molar-refractivity contribution is 7.99. The van der Waals surface area contributed by atoms with E-state index in [9.17, 15) is 9.90 Å². The predicted octanol–water partition coefficient (Wildman–Crippen LogP) is 2.17. The minimum absolute atomic E-state index is 0.277. The largest absolute Gasteiger partial charge is 0.507 e. The predicted molar refractivity (Wildman–Crippen MR) is 82.4 cm³/mol. The fourth-order valence-electron chi connectivity index (χ4n) is 1.68. The molecule has 0 fully saturated rings. The zero-order valence-corrected chi connectivity index (χ0v) is 12.1. The average molecular weight is 304 g/mol. The van der Waals surface area contributed by atoms with Crippen molar-refractivity contribution in [2.75, 3.05) is 12.4 Å². The number of benzene rings is 2. The van der Waals surface area contributed by atoms with Gasteiger partial charge in [0.05, 0.1) is 6.61 Å². The number of carbonyl (C=O) groups is 1. The first-order valence-corrected chi connectivity index (χ1v) is 7.34. The van der Waals surface area contributed by atoms with Gasteiger partial charge in [-0.1, -0.05) is 12.1 Å². The summed E-state index contributed by atoms with van der Waals surface area (Å²) in [5, 5.41) is 9.62. The summed E-state index contributed by atoms with van der Waals surface area (Å²) in [6, 6.07) is 13.9. The molecule has 0 aliphatic carbocycles. The summed E-state index contributed by atoms with van der Waals surface area (Å²) in [4.78, 5) is 12.1. The van der Waals surface area contributed by atoms with E-state index in [1.165, 1.54) is 11.8 Å². The third-order valence-electron chi connectivity index (χ3n) is 2.72. The van der Waals surface area contributed by atoms with Crippen molar-refractivity contribution in [3.05, 3.63) is 54.1 Å². The van der Waals surface area contributed by atoms with Gasteiger partial charge in [-0.05, 0) is 36.4 Å². The molecule has 0 radical (unpaired) electrons. The van der Waals surface area contributed by atoms with Gasteiger partial charge in [0.25, 0.3) is 5.91 Å². The standard InChI is InChI=1S/C15H16N2O3S/c16-17-15(19)11-5-7-12(8-6-11)20-9-10-21-14-4-2-1-3-13(14)18/h1-8,18H,9-10,16H2,(H,17,19). The number of nitrogens with one attached hydrogen (secondary N) is 1. The van der Waals surface area contributed by atoms with E-state index in [0.717, 1.165) is 4.90 Å². The van der Waals surface area contributed by atoms with Crippen LogP contribution in [-0.2, 0) is 0 Å². The quantitative estimate of drug-likeness (QED) is 0.250. The molecule has 0 saturated heterocycles. The fourth-order valence-corrected chi connectivity index (χ4v) is 2.45. The number of carbonyl (C=O) groups excluding carboxylic acids is 1. The SMILES string of the molecule is NNC(=O)c1ccc(OCCSc2ccccc2O)cc1. The molecule has 0 heterocycles. The Balaban J connectivity index is 1.79. The third kappa shape index (κ3) is 4.40. The maximum Gasteiger partial charge on any atom is 0.265 e. The highest BCUT2D eigenvalue weighted by Crippen LogP contribution is 2.27. The maximum absolute atomic E-state index is 11.3. The van der Waals surface area contributed by atoms with Crippen LogP contribution in [0.4, 0.5) is 0 Å². The minimum atomic E-state index is -0.336. The van der Waals surface area contributed by atoms with Crippen LogP contribution in [0.2, 0.25) is 0 Å². The molecule has 4 N–H and O–H groups in total. The highest BCUT2D eigenvalue weighted by atomic mass is 32.2. The van der Waals surface area contributed by atoms with E-state index in [4.69, 9.17) is 10.6 Å². The second kappa shape index (κ2) is 7.56. The smallest absolute Gasteiger partial charge is 0.265 e. The third-order valence-corrected chi connectivity index (χ3v) is 3.75. The van der Waals surface area contributed by atoms with Crippen molar-refractivity contribution in [3.8, 4) is 11.5 Å².